The number of thiazole rings is 1. The number of halogens is 5. The summed E-state index contributed by atoms with van der Waals surface area (Å²) in [5, 5.41) is 8.45. The van der Waals surface area contributed by atoms with Crippen LogP contribution in [0.25, 0.3) is 21.6 Å². The highest BCUT2D eigenvalue weighted by atomic mass is 32.1. The molecule has 83 heavy (non-hydrogen) atoms. The molecule has 0 aliphatic carbocycles. The molecule has 0 saturated carbocycles. The lowest BCUT2D eigenvalue weighted by atomic mass is 9.85. The van der Waals surface area contributed by atoms with Crippen molar-refractivity contribution >= 4 is 58.2 Å². The summed E-state index contributed by atoms with van der Waals surface area (Å²) in [5.74, 6) is -3.67. The molecule has 3 aromatic carbocycles. The predicted molar refractivity (Wildman–Crippen MR) is 306 cm³/mol. The van der Waals surface area contributed by atoms with Gasteiger partial charge < -0.3 is 45.0 Å². The number of amides is 5. The van der Waals surface area contributed by atoms with Gasteiger partial charge in [-0.05, 0) is 87.5 Å². The van der Waals surface area contributed by atoms with Crippen molar-refractivity contribution in [1.82, 2.24) is 40.3 Å². The van der Waals surface area contributed by atoms with E-state index in [0.29, 0.717) is 71.1 Å². The van der Waals surface area contributed by atoms with Crippen molar-refractivity contribution in [2.45, 2.75) is 104 Å². The van der Waals surface area contributed by atoms with E-state index in [1.165, 1.54) is 24.5 Å². The van der Waals surface area contributed by atoms with Crippen LogP contribution in [0.1, 0.15) is 87.5 Å². The van der Waals surface area contributed by atoms with Gasteiger partial charge in [0.1, 0.15) is 23.7 Å². The normalized spacial score (nSPS) is 18.3. The number of likely N-dealkylation sites (N-methyl/N-ethyl adjacent to an activating group) is 1. The number of hydrogen-bond donors (Lipinski definition) is 3. The number of benzene rings is 3. The number of aromatic nitrogens is 3. The molecule has 0 unspecified atom stereocenters. The Morgan fingerprint density at radius 1 is 0.795 bits per heavy atom. The third-order valence-corrected chi connectivity index (χ3v) is 16.4. The summed E-state index contributed by atoms with van der Waals surface area (Å²) in [6, 6.07) is 10.8. The lowest BCUT2D eigenvalue weighted by Crippen LogP contribution is -2.57. The van der Waals surface area contributed by atoms with Gasteiger partial charge in [-0.3, -0.25) is 28.9 Å². The van der Waals surface area contributed by atoms with E-state index in [1.807, 2.05) is 88.2 Å². The van der Waals surface area contributed by atoms with E-state index in [4.69, 9.17) is 9.47 Å². The molecule has 5 aromatic rings. The fraction of sp³-hybridized carbons (Fsp3) is 0.492. The van der Waals surface area contributed by atoms with E-state index in [1.54, 1.807) is 21.1 Å². The molecular weight excluding hydrogens is 1100 g/mol. The maximum atomic E-state index is 16.2. The molecule has 0 radical (unpaired) electrons. The molecular formula is C59H72F5N11O7S. The molecule has 3 aliphatic rings. The van der Waals surface area contributed by atoms with Crippen molar-refractivity contribution in [1.29, 1.82) is 0 Å². The van der Waals surface area contributed by atoms with Crippen LogP contribution in [0.3, 0.4) is 0 Å². The Morgan fingerprint density at radius 3 is 2.08 bits per heavy atom. The minimum atomic E-state index is -5.03. The molecule has 3 aliphatic heterocycles. The molecule has 5 amide bonds. The maximum Gasteiger partial charge on any atom is 0.417 e. The van der Waals surface area contributed by atoms with Gasteiger partial charge in [0, 0.05) is 94.4 Å². The minimum absolute atomic E-state index is 0.00376. The monoisotopic (exact) mass is 1170 g/mol. The van der Waals surface area contributed by atoms with Gasteiger partial charge in [0.05, 0.1) is 71.4 Å². The largest absolute Gasteiger partial charge is 0.417 e. The second-order valence-corrected chi connectivity index (χ2v) is 23.2. The van der Waals surface area contributed by atoms with Gasteiger partial charge in [-0.15, -0.1) is 11.3 Å². The predicted octanol–water partition coefficient (Wildman–Crippen LogP) is 7.95. The highest BCUT2D eigenvalue weighted by molar-refractivity contribution is 7.13. The van der Waals surface area contributed by atoms with Crippen molar-refractivity contribution in [2.24, 2.45) is 5.41 Å². The Kier molecular flexibility index (Phi) is 20.2. The Labute approximate surface area is 484 Å². The van der Waals surface area contributed by atoms with Crippen LogP contribution >= 0.6 is 11.3 Å². The van der Waals surface area contributed by atoms with Crippen molar-refractivity contribution in [3.8, 4) is 21.6 Å². The number of anilines is 3. The number of carbonyl (C=O) groups excluding carboxylic acids is 5. The summed E-state index contributed by atoms with van der Waals surface area (Å²) in [5.41, 5.74) is 2.41. The zero-order chi connectivity index (χ0) is 59.8. The number of aryl methyl sites for hydroxylation is 1. The SMILES string of the molecule is Cc1ncsc1-c1ccc(CNC(=O)[C@@H]2CCCN2C(=O)[C@@H](NC(=O)CCOCCOCCC(=O)N2CCN(c3ncc(-c4cc(NC(=O)c5ccc(F)cc5C(F)(F)F)c(N5C[C@@H](C)N(C)[C@@H](C)C5)cc4F)cn3)CC2)C(C)(C)C)cc1. The van der Waals surface area contributed by atoms with Crippen LogP contribution in [0.5, 0.6) is 0 Å². The number of piperazine rings is 2. The Hall–Kier alpha value is -7.15. The van der Waals surface area contributed by atoms with Gasteiger partial charge in [0.25, 0.3) is 5.91 Å². The van der Waals surface area contributed by atoms with Gasteiger partial charge in [-0.1, -0.05) is 45.0 Å². The maximum absolute atomic E-state index is 16.2. The first-order valence-electron chi connectivity index (χ1n) is 27.8. The summed E-state index contributed by atoms with van der Waals surface area (Å²) >= 11 is 1.58. The molecule has 8 rings (SSSR count). The highest BCUT2D eigenvalue weighted by Crippen LogP contribution is 2.38. The number of hydrogen-bond acceptors (Lipinski definition) is 14. The van der Waals surface area contributed by atoms with Gasteiger partial charge in [0.2, 0.25) is 29.6 Å². The fourth-order valence-corrected chi connectivity index (χ4v) is 11.3. The lowest BCUT2D eigenvalue weighted by molar-refractivity contribution is -0.144. The molecule has 3 N–H and O–H groups in total. The number of likely N-dealkylation sites (tertiary alicyclic amines) is 1. The number of rotatable bonds is 20. The highest BCUT2D eigenvalue weighted by Gasteiger charge is 2.42. The second kappa shape index (κ2) is 27.0. The van der Waals surface area contributed by atoms with E-state index < -0.39 is 52.3 Å². The van der Waals surface area contributed by atoms with E-state index in [2.05, 4.69) is 35.8 Å². The smallest absolute Gasteiger partial charge is 0.379 e. The van der Waals surface area contributed by atoms with Crippen LogP contribution in [-0.4, -0.2) is 163 Å². The van der Waals surface area contributed by atoms with Crippen LogP contribution < -0.4 is 25.8 Å². The summed E-state index contributed by atoms with van der Waals surface area (Å²) in [6.07, 6.45) is -0.889. The zero-order valence-electron chi connectivity index (χ0n) is 47.8. The lowest BCUT2D eigenvalue weighted by Gasteiger charge is -2.44. The van der Waals surface area contributed by atoms with Gasteiger partial charge in [-0.2, -0.15) is 13.2 Å². The van der Waals surface area contributed by atoms with Crippen molar-refractivity contribution in [3.05, 3.63) is 107 Å². The van der Waals surface area contributed by atoms with Crippen LogP contribution in [0.2, 0.25) is 0 Å². The van der Waals surface area contributed by atoms with Crippen molar-refractivity contribution < 1.29 is 55.4 Å². The zero-order valence-corrected chi connectivity index (χ0v) is 48.6. The Morgan fingerprint density at radius 2 is 1.46 bits per heavy atom. The Bertz CT molecular complexity index is 3090. The Balaban J connectivity index is 0.754. The standard InChI is InChI=1S/C59H72F5N11O7S/c1-36-33-74(34-37(2)71(36)7)49-29-46(61)44(28-47(49)69-54(78)43-15-14-42(60)27-45(43)59(62,63)64)41-31-66-57(67-32-41)73-21-19-72(20-22-73)51(77)17-24-82-26-25-81-23-16-50(76)70-53(58(4,5)6)56(80)75-18-8-9-48(75)55(79)65-30-39-10-12-40(13-11-39)52-38(3)68-35-83-52/h10-15,27-29,31-32,35-37,48,53H,8-9,16-26,30,33-34H2,1-7H3,(H,65,79)(H,69,78)(H,70,76)/t36-,37+,48-,53+/m0/s1. The molecule has 5 heterocycles. The first kappa shape index (κ1) is 61.9. The average molecular weight is 1170 g/mol. The molecule has 0 spiro atoms. The molecule has 2 aromatic heterocycles. The van der Waals surface area contributed by atoms with E-state index >= 15 is 4.39 Å². The summed E-state index contributed by atoms with van der Waals surface area (Å²) in [4.78, 5) is 90.8. The van der Waals surface area contributed by atoms with Gasteiger partial charge in [0.15, 0.2) is 0 Å². The second-order valence-electron chi connectivity index (χ2n) is 22.4. The third kappa shape index (κ3) is 15.5. The van der Waals surface area contributed by atoms with Crippen LogP contribution in [0.4, 0.5) is 39.3 Å². The molecule has 446 valence electrons. The molecule has 18 nitrogen and oxygen atoms in total. The van der Waals surface area contributed by atoms with E-state index in [-0.39, 0.29) is 104 Å². The number of nitrogens with one attached hydrogen (secondary N) is 3. The van der Waals surface area contributed by atoms with E-state index in [0.717, 1.165) is 33.8 Å². The van der Waals surface area contributed by atoms with Crippen LogP contribution in [0, 0.1) is 24.0 Å². The molecule has 24 heteroatoms. The van der Waals surface area contributed by atoms with Crippen molar-refractivity contribution in [3.63, 3.8) is 0 Å². The first-order valence-corrected chi connectivity index (χ1v) is 28.7. The number of carbonyl (C=O) groups is 5. The van der Waals surface area contributed by atoms with E-state index in [9.17, 15) is 41.5 Å². The van der Waals surface area contributed by atoms with Crippen LogP contribution in [0.15, 0.2) is 72.5 Å². The fourth-order valence-electron chi connectivity index (χ4n) is 10.5. The van der Waals surface area contributed by atoms with Gasteiger partial charge in [-0.25, -0.2) is 23.7 Å². The number of nitrogens with zero attached hydrogens (tertiary/aromatic N) is 8. The van der Waals surface area contributed by atoms with Crippen LogP contribution in [-0.2, 0) is 41.4 Å². The van der Waals surface area contributed by atoms with Gasteiger partial charge >= 0.3 is 6.18 Å². The summed E-state index contributed by atoms with van der Waals surface area (Å²) < 4.78 is 83.4. The number of alkyl halides is 3. The first-order chi connectivity index (χ1) is 39.5. The quantitative estimate of drug-likeness (QED) is 0.0503. The number of ether oxygens (including phenoxy) is 2. The summed E-state index contributed by atoms with van der Waals surface area (Å²) in [7, 11) is 1.96. The molecule has 0 bridgehead atoms. The topological polar surface area (TPSA) is 195 Å². The molecule has 3 fully saturated rings. The molecule has 4 atom stereocenters. The average Bonchev–Trinajstić information content (AvgIpc) is 4.28. The van der Waals surface area contributed by atoms with Crippen molar-refractivity contribution in [2.75, 3.05) is 94.4 Å². The summed E-state index contributed by atoms with van der Waals surface area (Å²) in [6.45, 7) is 15.3. The minimum Gasteiger partial charge on any atom is -0.379 e. The molecule has 3 saturated heterocycles. The third-order valence-electron chi connectivity index (χ3n) is 15.4.